The van der Waals surface area contributed by atoms with Crippen molar-refractivity contribution in [2.24, 2.45) is 0 Å². The summed E-state index contributed by atoms with van der Waals surface area (Å²) in [6.45, 7) is 1.08. The second-order valence-corrected chi connectivity index (χ2v) is 8.20. The molecule has 164 valence electrons. The Morgan fingerprint density at radius 2 is 1.77 bits per heavy atom. The number of fused-ring (bicyclic) bond motifs is 3. The van der Waals surface area contributed by atoms with Gasteiger partial charge in [0.15, 0.2) is 11.4 Å². The van der Waals surface area contributed by atoms with E-state index in [9.17, 15) is 28.3 Å². The monoisotopic (exact) mass is 431 g/mol. The maximum absolute atomic E-state index is 14.1. The molecule has 2 aliphatic rings. The highest BCUT2D eigenvalue weighted by atomic mass is 19.1. The Morgan fingerprint density at radius 1 is 1.16 bits per heavy atom. The number of hydrogen-bond acceptors (Lipinski definition) is 4. The van der Waals surface area contributed by atoms with Crippen LogP contribution in [0.4, 0.5) is 8.78 Å². The van der Waals surface area contributed by atoms with Crippen LogP contribution in [0.25, 0.3) is 0 Å². The van der Waals surface area contributed by atoms with Gasteiger partial charge in [-0.2, -0.15) is 0 Å². The van der Waals surface area contributed by atoms with Crippen LogP contribution in [0, 0.1) is 18.6 Å². The van der Waals surface area contributed by atoms with E-state index < -0.39 is 41.2 Å². The first kappa shape index (κ1) is 21.0. The highest BCUT2D eigenvalue weighted by Crippen LogP contribution is 2.38. The lowest BCUT2D eigenvalue weighted by Crippen LogP contribution is -2.51. The Morgan fingerprint density at radius 3 is 2.42 bits per heavy atom. The zero-order valence-corrected chi connectivity index (χ0v) is 17.2. The van der Waals surface area contributed by atoms with Crippen LogP contribution in [0.1, 0.15) is 63.7 Å². The lowest BCUT2D eigenvalue weighted by Gasteiger charge is -2.44. The normalized spacial score (nSPS) is 20.3. The molecule has 0 saturated heterocycles. The van der Waals surface area contributed by atoms with E-state index in [2.05, 4.69) is 5.32 Å². The fourth-order valence-corrected chi connectivity index (χ4v) is 4.60. The number of nitrogens with zero attached hydrogens (tertiary/aromatic N) is 2. The highest BCUT2D eigenvalue weighted by molar-refractivity contribution is 5.99. The van der Waals surface area contributed by atoms with Gasteiger partial charge < -0.3 is 19.9 Å². The summed E-state index contributed by atoms with van der Waals surface area (Å²) in [6.07, 6.45) is 4.68. The van der Waals surface area contributed by atoms with Gasteiger partial charge in [0.2, 0.25) is 5.43 Å². The molecule has 0 radical (unpaired) electrons. The Labute approximate surface area is 177 Å². The second kappa shape index (κ2) is 7.79. The Balaban J connectivity index is 1.69. The van der Waals surface area contributed by atoms with Crippen LogP contribution in [-0.4, -0.2) is 39.5 Å². The van der Waals surface area contributed by atoms with Gasteiger partial charge in [0.05, 0.1) is 12.1 Å². The molecular formula is C22H23F2N3O4. The van der Waals surface area contributed by atoms with Crippen molar-refractivity contribution < 1.29 is 23.5 Å². The zero-order valence-electron chi connectivity index (χ0n) is 17.2. The number of carbonyl (C=O) groups is 2. The van der Waals surface area contributed by atoms with Crippen molar-refractivity contribution in [3.63, 3.8) is 0 Å². The fourth-order valence-electron chi connectivity index (χ4n) is 4.60. The number of carbonyl (C=O) groups excluding carboxylic acids is 2. The lowest BCUT2D eigenvalue weighted by molar-refractivity contribution is 0.0507. The first-order valence-electron chi connectivity index (χ1n) is 10.2. The number of hydrogen-bond donors (Lipinski definition) is 2. The number of pyridine rings is 1. The molecule has 2 atom stereocenters. The molecule has 1 aliphatic carbocycles. The smallest absolute Gasteiger partial charge is 0.274 e. The van der Waals surface area contributed by atoms with E-state index in [-0.39, 0.29) is 28.9 Å². The van der Waals surface area contributed by atoms with Crippen molar-refractivity contribution in [3.05, 3.63) is 62.6 Å². The van der Waals surface area contributed by atoms with E-state index in [1.165, 1.54) is 10.8 Å². The molecule has 1 aromatic carbocycles. The van der Waals surface area contributed by atoms with Gasteiger partial charge in [-0.3, -0.25) is 14.4 Å². The molecular weight excluding hydrogens is 408 g/mol. The van der Waals surface area contributed by atoms with Crippen molar-refractivity contribution >= 4 is 11.8 Å². The molecule has 7 nitrogen and oxygen atoms in total. The van der Waals surface area contributed by atoms with Gasteiger partial charge in [0.1, 0.15) is 17.2 Å². The molecule has 1 fully saturated rings. The number of aryl methyl sites for hydroxylation is 1. The number of rotatable bonds is 3. The minimum Gasteiger partial charge on any atom is -0.503 e. The van der Waals surface area contributed by atoms with Crippen LogP contribution >= 0.6 is 0 Å². The minimum absolute atomic E-state index is 0.0951. The summed E-state index contributed by atoms with van der Waals surface area (Å²) in [6, 6.07) is 2.03. The van der Waals surface area contributed by atoms with Crippen molar-refractivity contribution in [1.82, 2.24) is 14.8 Å². The molecule has 2 amide bonds. The van der Waals surface area contributed by atoms with Crippen LogP contribution in [-0.2, 0) is 6.54 Å². The van der Waals surface area contributed by atoms with Gasteiger partial charge in [-0.25, -0.2) is 8.78 Å². The quantitative estimate of drug-likeness (QED) is 0.782. The van der Waals surface area contributed by atoms with E-state index in [0.717, 1.165) is 37.8 Å². The number of halogens is 2. The molecule has 1 aliphatic heterocycles. The third kappa shape index (κ3) is 3.47. The van der Waals surface area contributed by atoms with Crippen molar-refractivity contribution in [2.45, 2.75) is 51.2 Å². The predicted octanol–water partition coefficient (Wildman–Crippen LogP) is 2.64. The first-order valence-corrected chi connectivity index (χ1v) is 10.2. The van der Waals surface area contributed by atoms with E-state index >= 15 is 0 Å². The summed E-state index contributed by atoms with van der Waals surface area (Å²) in [5.41, 5.74) is -1.44. The van der Waals surface area contributed by atoms with E-state index in [1.54, 1.807) is 18.9 Å². The summed E-state index contributed by atoms with van der Waals surface area (Å²) >= 11 is 0. The molecule has 0 unspecified atom stereocenters. The molecule has 2 aromatic rings. The summed E-state index contributed by atoms with van der Waals surface area (Å²) < 4.78 is 29.6. The molecule has 9 heteroatoms. The second-order valence-electron chi connectivity index (χ2n) is 8.20. The van der Waals surface area contributed by atoms with Gasteiger partial charge in [-0.15, -0.1) is 0 Å². The minimum atomic E-state index is -0.996. The number of aromatic nitrogens is 1. The summed E-state index contributed by atoms with van der Waals surface area (Å²) in [5, 5.41) is 12.8. The molecule has 2 N–H and O–H groups in total. The molecule has 31 heavy (non-hydrogen) atoms. The van der Waals surface area contributed by atoms with Gasteiger partial charge in [-0.05, 0) is 37.5 Å². The number of amides is 2. The topological polar surface area (TPSA) is 91.6 Å². The van der Waals surface area contributed by atoms with Crippen molar-refractivity contribution in [2.75, 3.05) is 7.05 Å². The van der Waals surface area contributed by atoms with Crippen molar-refractivity contribution in [3.8, 4) is 5.75 Å². The highest BCUT2D eigenvalue weighted by Gasteiger charge is 2.41. The van der Waals surface area contributed by atoms with E-state index in [4.69, 9.17) is 0 Å². The average Bonchev–Trinajstić information content (AvgIpc) is 2.73. The summed E-state index contributed by atoms with van der Waals surface area (Å²) in [7, 11) is 1.64. The Hall–Kier alpha value is -3.23. The Kier molecular flexibility index (Phi) is 5.28. The average molecular weight is 431 g/mol. The summed E-state index contributed by atoms with van der Waals surface area (Å²) in [4.78, 5) is 39.6. The predicted molar refractivity (Wildman–Crippen MR) is 108 cm³/mol. The van der Waals surface area contributed by atoms with Gasteiger partial charge in [0.25, 0.3) is 11.8 Å². The molecule has 4 rings (SSSR count). The van der Waals surface area contributed by atoms with E-state index in [1.807, 2.05) is 0 Å². The molecule has 2 heterocycles. The first-order chi connectivity index (χ1) is 14.7. The third-order valence-electron chi connectivity index (χ3n) is 6.24. The number of likely N-dealkylation sites (N-methyl/N-ethyl adjacent to an activating group) is 1. The maximum atomic E-state index is 14.1. The van der Waals surface area contributed by atoms with Gasteiger partial charge in [0, 0.05) is 25.4 Å². The van der Waals surface area contributed by atoms with Crippen LogP contribution in [0.5, 0.6) is 5.75 Å². The lowest BCUT2D eigenvalue weighted by atomic mass is 9.86. The van der Waals surface area contributed by atoms with Gasteiger partial charge >= 0.3 is 0 Å². The molecule has 1 saturated carbocycles. The SMILES string of the molecule is Cc1cc(F)c(CNC(=O)c2cn3c(c(O)c2=O)C(=O)N(C)[C@H]2CCCC[C@@H]23)c(F)c1. The third-order valence-corrected chi connectivity index (χ3v) is 6.24. The largest absolute Gasteiger partial charge is 0.503 e. The van der Waals surface area contributed by atoms with Crippen LogP contribution in [0.3, 0.4) is 0 Å². The molecule has 0 bridgehead atoms. The van der Waals surface area contributed by atoms with Crippen molar-refractivity contribution in [1.29, 1.82) is 0 Å². The molecule has 0 spiro atoms. The van der Waals surface area contributed by atoms with E-state index in [0.29, 0.717) is 5.56 Å². The van der Waals surface area contributed by atoms with Gasteiger partial charge in [-0.1, -0.05) is 12.8 Å². The fraction of sp³-hybridized carbons (Fsp3) is 0.409. The standard InChI is InChI=1S/C22H23F2N3O4/c1-11-7-14(23)12(15(24)8-11)9-25-21(30)13-10-27-17-6-4-3-5-16(17)26(2)22(31)18(27)20(29)19(13)28/h7-8,10,16-17,29H,3-6,9H2,1-2H3,(H,25,30)/t16-,17-/m0/s1. The number of aromatic hydroxyl groups is 1. The zero-order chi connectivity index (χ0) is 22.4. The molecule has 1 aromatic heterocycles. The Bertz CT molecular complexity index is 1120. The van der Waals surface area contributed by atoms with Crippen LogP contribution < -0.4 is 10.7 Å². The maximum Gasteiger partial charge on any atom is 0.274 e. The van der Waals surface area contributed by atoms with Crippen LogP contribution in [0.2, 0.25) is 0 Å². The summed E-state index contributed by atoms with van der Waals surface area (Å²) in [5.74, 6) is -3.76. The number of nitrogens with one attached hydrogen (secondary N) is 1. The number of benzene rings is 1. The van der Waals surface area contributed by atoms with Crippen LogP contribution in [0.15, 0.2) is 23.1 Å².